The Labute approximate surface area is 229 Å². The second kappa shape index (κ2) is 9.15. The number of fused-ring (bicyclic) bond motifs is 2. The van der Waals surface area contributed by atoms with Gasteiger partial charge in [-0.3, -0.25) is 14.2 Å². The van der Waals surface area contributed by atoms with Crippen LogP contribution in [0.4, 0.5) is 0 Å². The predicted octanol–water partition coefficient (Wildman–Crippen LogP) is 8.19. The molecule has 4 aromatic carbocycles. The highest BCUT2D eigenvalue weighted by molar-refractivity contribution is 7.21. The number of ketones is 2. The lowest BCUT2D eigenvalue weighted by atomic mass is 10.0. The number of thiazole rings is 1. The number of hydrogen-bond donors (Lipinski definition) is 0. The molecule has 0 spiro atoms. The molecule has 1 aliphatic rings. The van der Waals surface area contributed by atoms with Gasteiger partial charge in [0.25, 0.3) is 0 Å². The highest BCUT2D eigenvalue weighted by Gasteiger charge is 2.33. The molecule has 0 aliphatic heterocycles. The van der Waals surface area contributed by atoms with E-state index < -0.39 is 0 Å². The number of carbonyl (C=O) groups excluding carboxylic acids is 2. The Bertz CT molecular complexity index is 1950. The number of aromatic nitrogens is 2. The summed E-state index contributed by atoms with van der Waals surface area (Å²) in [6, 6.07) is 35.9. The van der Waals surface area contributed by atoms with Gasteiger partial charge in [-0.15, -0.1) is 11.3 Å². The van der Waals surface area contributed by atoms with Crippen LogP contribution in [0.1, 0.15) is 32.0 Å². The molecule has 6 aromatic rings. The van der Waals surface area contributed by atoms with Crippen LogP contribution in [0.2, 0.25) is 0 Å². The average molecular weight is 523 g/mol. The first-order chi connectivity index (χ1) is 19.1. The van der Waals surface area contributed by atoms with Gasteiger partial charge in [0.05, 0.1) is 21.7 Å². The third-order valence-electron chi connectivity index (χ3n) is 7.08. The maximum absolute atomic E-state index is 13.4. The summed E-state index contributed by atoms with van der Waals surface area (Å²) in [5, 5.41) is 0.918. The van der Waals surface area contributed by atoms with E-state index in [0.717, 1.165) is 49.0 Å². The molecule has 0 N–H and O–H groups in total. The molecule has 2 aromatic heterocycles. The number of para-hydroxylation sites is 1. The van der Waals surface area contributed by atoms with Gasteiger partial charge in [0.2, 0.25) is 0 Å². The number of benzene rings is 4. The first-order valence-electron chi connectivity index (χ1n) is 12.7. The van der Waals surface area contributed by atoms with Crippen molar-refractivity contribution in [3.8, 4) is 27.4 Å². The Hall–Kier alpha value is -4.87. The molecule has 0 bridgehead atoms. The number of Topliss-reactive ketones (excluding diaryl/α,β-unsaturated/α-hetero) is 2. The molecule has 39 heavy (non-hydrogen) atoms. The van der Waals surface area contributed by atoms with Crippen LogP contribution in [-0.2, 0) is 0 Å². The van der Waals surface area contributed by atoms with Crippen molar-refractivity contribution in [1.29, 1.82) is 0 Å². The third-order valence-corrected chi connectivity index (χ3v) is 8.12. The van der Waals surface area contributed by atoms with Crippen molar-refractivity contribution in [2.75, 3.05) is 0 Å². The maximum atomic E-state index is 13.4. The predicted molar refractivity (Wildman–Crippen MR) is 158 cm³/mol. The summed E-state index contributed by atoms with van der Waals surface area (Å²) in [6.07, 6.45) is 1.73. The van der Waals surface area contributed by atoms with E-state index in [9.17, 15) is 9.59 Å². The topological polar surface area (TPSA) is 52.0 Å². The molecule has 186 valence electrons. The summed E-state index contributed by atoms with van der Waals surface area (Å²) in [6.45, 7) is 1.93. The van der Waals surface area contributed by atoms with Gasteiger partial charge in [-0.25, -0.2) is 4.98 Å². The van der Waals surface area contributed by atoms with Crippen LogP contribution in [0, 0.1) is 6.92 Å². The Morgan fingerprint density at radius 3 is 2.13 bits per heavy atom. The van der Waals surface area contributed by atoms with Crippen LogP contribution in [0.3, 0.4) is 0 Å². The monoisotopic (exact) mass is 522 g/mol. The van der Waals surface area contributed by atoms with Gasteiger partial charge in [-0.1, -0.05) is 96.6 Å². The first-order valence-corrected chi connectivity index (χ1v) is 13.5. The normalized spacial score (nSPS) is 13.9. The van der Waals surface area contributed by atoms with Gasteiger partial charge in [0, 0.05) is 22.3 Å². The zero-order valence-corrected chi connectivity index (χ0v) is 21.9. The van der Waals surface area contributed by atoms with Crippen molar-refractivity contribution in [2.24, 2.45) is 0 Å². The second-order valence-corrected chi connectivity index (χ2v) is 10.7. The molecule has 0 unspecified atom stereocenters. The fraction of sp³-hybridized carbons (Fsp3) is 0.0294. The smallest absolute Gasteiger partial charge is 0.197 e. The van der Waals surface area contributed by atoms with E-state index in [1.807, 2.05) is 67.6 Å². The van der Waals surface area contributed by atoms with E-state index in [-0.39, 0.29) is 17.1 Å². The molecule has 4 nitrogen and oxygen atoms in total. The van der Waals surface area contributed by atoms with E-state index in [4.69, 9.17) is 4.98 Å². The number of aryl methyl sites for hydroxylation is 1. The zero-order chi connectivity index (χ0) is 26.5. The first kappa shape index (κ1) is 23.3. The van der Waals surface area contributed by atoms with Crippen LogP contribution in [0.15, 0.2) is 115 Å². The largest absolute Gasteiger partial charge is 0.293 e. The van der Waals surface area contributed by atoms with Crippen molar-refractivity contribution in [3.63, 3.8) is 0 Å². The maximum Gasteiger partial charge on any atom is 0.197 e. The van der Waals surface area contributed by atoms with Gasteiger partial charge in [-0.05, 0) is 36.8 Å². The average Bonchev–Trinajstić information content (AvgIpc) is 3.60. The number of allylic oxidation sites excluding steroid dienone is 1. The van der Waals surface area contributed by atoms with Crippen LogP contribution in [0.5, 0.6) is 0 Å². The summed E-state index contributed by atoms with van der Waals surface area (Å²) in [5.74, 6) is -0.468. The van der Waals surface area contributed by atoms with Crippen LogP contribution in [0.25, 0.3) is 43.8 Å². The molecular formula is C34H22N2O2S. The molecule has 7 rings (SSSR count). The lowest BCUT2D eigenvalue weighted by Gasteiger charge is -2.14. The number of carbonyl (C=O) groups is 2. The Kier molecular flexibility index (Phi) is 5.46. The highest BCUT2D eigenvalue weighted by Crippen LogP contribution is 2.38. The van der Waals surface area contributed by atoms with Gasteiger partial charge in [0.1, 0.15) is 5.01 Å². The Balaban J connectivity index is 1.47. The molecule has 2 heterocycles. The summed E-state index contributed by atoms with van der Waals surface area (Å²) in [4.78, 5) is 31.8. The summed E-state index contributed by atoms with van der Waals surface area (Å²) in [7, 11) is 0. The molecule has 1 aliphatic carbocycles. The van der Waals surface area contributed by atoms with Gasteiger partial charge < -0.3 is 0 Å². The minimum absolute atomic E-state index is 0.183. The van der Waals surface area contributed by atoms with E-state index in [1.54, 1.807) is 29.5 Å². The number of nitrogens with zero attached hydrogens (tertiary/aromatic N) is 2. The molecule has 0 atom stereocenters. The van der Waals surface area contributed by atoms with E-state index in [2.05, 4.69) is 41.0 Å². The molecule has 0 amide bonds. The highest BCUT2D eigenvalue weighted by atomic mass is 32.1. The van der Waals surface area contributed by atoms with Crippen molar-refractivity contribution >= 4 is 39.3 Å². The van der Waals surface area contributed by atoms with Gasteiger partial charge >= 0.3 is 0 Å². The quantitative estimate of drug-likeness (QED) is 0.173. The zero-order valence-electron chi connectivity index (χ0n) is 21.1. The fourth-order valence-corrected chi connectivity index (χ4v) is 6.21. The molecule has 0 fully saturated rings. The molecule has 5 heteroatoms. The van der Waals surface area contributed by atoms with Gasteiger partial charge in [0.15, 0.2) is 17.2 Å². The van der Waals surface area contributed by atoms with Gasteiger partial charge in [-0.2, -0.15) is 0 Å². The van der Waals surface area contributed by atoms with Crippen LogP contribution >= 0.6 is 11.3 Å². The van der Waals surface area contributed by atoms with Crippen LogP contribution in [-0.4, -0.2) is 21.1 Å². The number of rotatable bonds is 4. The molecule has 0 saturated heterocycles. The van der Waals surface area contributed by atoms with Crippen molar-refractivity contribution in [3.05, 3.63) is 137 Å². The third kappa shape index (κ3) is 3.87. The minimum atomic E-state index is -0.236. The Morgan fingerprint density at radius 2 is 1.36 bits per heavy atom. The van der Waals surface area contributed by atoms with E-state index in [0.29, 0.717) is 11.1 Å². The standard InChI is InChI=1S/C34H22N2O2S/c1-21-16-17-26-27(18-21)32(38)28(31(26)37)19-24-20-30-33(35-34(39-30)23-12-6-3-7-13-23)36(24)29-15-9-8-14-25(29)22-10-4-2-5-11-22/h2-20H,1H3/b28-19-. The summed E-state index contributed by atoms with van der Waals surface area (Å²) < 4.78 is 3.05. The molecule has 0 saturated carbocycles. The minimum Gasteiger partial charge on any atom is -0.293 e. The van der Waals surface area contributed by atoms with Crippen LogP contribution < -0.4 is 0 Å². The number of hydrogen-bond acceptors (Lipinski definition) is 4. The van der Waals surface area contributed by atoms with Crippen molar-refractivity contribution < 1.29 is 9.59 Å². The van der Waals surface area contributed by atoms with Crippen molar-refractivity contribution in [1.82, 2.24) is 9.55 Å². The SMILES string of the molecule is Cc1ccc2c(c1)C(=O)/C(=C\c1cc3sc(-c4ccccc4)nc3n1-c1ccccc1-c1ccccc1)C2=O. The van der Waals surface area contributed by atoms with E-state index >= 15 is 0 Å². The lowest BCUT2D eigenvalue weighted by Crippen LogP contribution is -2.04. The fourth-order valence-electron chi connectivity index (χ4n) is 5.21. The summed E-state index contributed by atoms with van der Waals surface area (Å²) in [5.41, 5.74) is 7.70. The molecule has 0 radical (unpaired) electrons. The lowest BCUT2D eigenvalue weighted by molar-refractivity contribution is 0.0990. The second-order valence-electron chi connectivity index (χ2n) is 9.63. The Morgan fingerprint density at radius 1 is 0.692 bits per heavy atom. The summed E-state index contributed by atoms with van der Waals surface area (Å²) >= 11 is 1.60. The molecular weight excluding hydrogens is 500 g/mol. The van der Waals surface area contributed by atoms with E-state index in [1.165, 1.54) is 0 Å². The van der Waals surface area contributed by atoms with Crippen molar-refractivity contribution in [2.45, 2.75) is 6.92 Å².